The number of hydrogen-bond acceptors (Lipinski definition) is 4. The largest absolute Gasteiger partial charge is 0.456 e. The fourth-order valence-corrected chi connectivity index (χ4v) is 9.66. The highest BCUT2D eigenvalue weighted by atomic mass is 16.3. The van der Waals surface area contributed by atoms with Gasteiger partial charge in [-0.05, 0) is 93.0 Å². The normalized spacial score (nSPS) is 13.8. The molecule has 0 atom stereocenters. The van der Waals surface area contributed by atoms with Crippen molar-refractivity contribution in [3.8, 4) is 11.1 Å². The molecule has 6 heteroatoms. The summed E-state index contributed by atoms with van der Waals surface area (Å²) in [4.78, 5) is 13.1. The first-order valence-corrected chi connectivity index (χ1v) is 19.7. The van der Waals surface area contributed by atoms with E-state index in [-0.39, 0.29) is 17.7 Å². The van der Waals surface area contributed by atoms with Gasteiger partial charge in [-0.15, -0.1) is 0 Å². The van der Waals surface area contributed by atoms with Crippen LogP contribution in [-0.4, -0.2) is 21.3 Å². The second-order valence-electron chi connectivity index (χ2n) is 17.9. The van der Waals surface area contributed by atoms with Crippen LogP contribution in [0.2, 0.25) is 0 Å². The van der Waals surface area contributed by atoms with Gasteiger partial charge >= 0.3 is 6.85 Å². The Morgan fingerprint density at radius 2 is 1.20 bits per heavy atom. The topological polar surface area (TPSA) is 47.1 Å². The van der Waals surface area contributed by atoms with Gasteiger partial charge in [-0.1, -0.05) is 114 Å². The van der Waals surface area contributed by atoms with E-state index >= 15 is 0 Å². The molecule has 0 amide bonds. The van der Waals surface area contributed by atoms with Crippen LogP contribution >= 0.6 is 0 Å². The molecule has 0 spiro atoms. The van der Waals surface area contributed by atoms with Crippen molar-refractivity contribution in [3.05, 3.63) is 139 Å². The Balaban J connectivity index is 1.32. The number of anilines is 3. The standard InChI is InChI=1S/C50H39BN4O/c1-49(2,3)28-22-29(50(4,5)6)24-30(23-28)54-42-27-40-39(52-37-18-9-10-19-38(37)53-40)26-36(42)51-46-35(25-44-45(48(46)54)34-15-8-12-21-43(34)56-44)33-17-13-16-32-31-14-7-11-20-41(31)55(51)47(32)33/h7-27H,1-6H3. The van der Waals surface area contributed by atoms with Gasteiger partial charge in [-0.2, -0.15) is 0 Å². The Labute approximate surface area is 325 Å². The highest BCUT2D eigenvalue weighted by Crippen LogP contribution is 2.51. The van der Waals surface area contributed by atoms with Crippen LogP contribution < -0.4 is 15.8 Å². The summed E-state index contributed by atoms with van der Waals surface area (Å²) in [5, 5.41) is 4.77. The van der Waals surface area contributed by atoms with Gasteiger partial charge in [0.25, 0.3) is 0 Å². The summed E-state index contributed by atoms with van der Waals surface area (Å²) in [7, 11) is 0. The molecule has 56 heavy (non-hydrogen) atoms. The highest BCUT2D eigenvalue weighted by molar-refractivity contribution is 6.90. The monoisotopic (exact) mass is 722 g/mol. The maximum Gasteiger partial charge on any atom is 0.333 e. The molecule has 7 aromatic carbocycles. The summed E-state index contributed by atoms with van der Waals surface area (Å²) in [6.07, 6.45) is 0. The molecule has 3 aromatic heterocycles. The molecule has 2 aliphatic rings. The molecule has 0 saturated heterocycles. The van der Waals surface area contributed by atoms with Crippen molar-refractivity contribution >= 4 is 101 Å². The van der Waals surface area contributed by atoms with Crippen molar-refractivity contribution in [1.82, 2.24) is 14.4 Å². The van der Waals surface area contributed by atoms with Gasteiger partial charge in [-0.3, -0.25) is 0 Å². The second-order valence-corrected chi connectivity index (χ2v) is 17.9. The first kappa shape index (κ1) is 31.9. The fraction of sp³-hybridized carbons (Fsp3) is 0.160. The molecule has 0 radical (unpaired) electrons. The van der Waals surface area contributed by atoms with E-state index in [2.05, 4.69) is 166 Å². The van der Waals surface area contributed by atoms with Gasteiger partial charge in [0.2, 0.25) is 0 Å². The third-order valence-electron chi connectivity index (χ3n) is 12.4. The zero-order valence-electron chi connectivity index (χ0n) is 32.4. The van der Waals surface area contributed by atoms with E-state index in [4.69, 9.17) is 14.4 Å². The Morgan fingerprint density at radius 1 is 0.554 bits per heavy atom. The van der Waals surface area contributed by atoms with Gasteiger partial charge in [0.1, 0.15) is 11.2 Å². The van der Waals surface area contributed by atoms with Crippen LogP contribution in [0.4, 0.5) is 17.1 Å². The molecule has 0 saturated carbocycles. The van der Waals surface area contributed by atoms with Gasteiger partial charge in [0.15, 0.2) is 0 Å². The molecule has 268 valence electrons. The quantitative estimate of drug-likeness (QED) is 0.125. The molecule has 12 rings (SSSR count). The second kappa shape index (κ2) is 10.7. The van der Waals surface area contributed by atoms with E-state index < -0.39 is 0 Å². The maximum atomic E-state index is 6.85. The molecule has 0 unspecified atom stereocenters. The number of rotatable bonds is 1. The highest BCUT2D eigenvalue weighted by Gasteiger charge is 2.45. The molecular formula is C50H39BN4O. The Bertz CT molecular complexity index is 3330. The van der Waals surface area contributed by atoms with Gasteiger partial charge in [0, 0.05) is 44.1 Å². The van der Waals surface area contributed by atoms with Crippen molar-refractivity contribution in [2.75, 3.05) is 4.90 Å². The lowest BCUT2D eigenvalue weighted by molar-refractivity contribution is 0.569. The average molecular weight is 723 g/mol. The van der Waals surface area contributed by atoms with Crippen LogP contribution in [0.15, 0.2) is 132 Å². The zero-order chi connectivity index (χ0) is 37.8. The van der Waals surface area contributed by atoms with E-state index in [1.165, 1.54) is 60.7 Å². The molecule has 0 bridgehead atoms. The summed E-state index contributed by atoms with van der Waals surface area (Å²) in [5.41, 5.74) is 18.6. The predicted octanol–water partition coefficient (Wildman–Crippen LogP) is 11.8. The maximum absolute atomic E-state index is 6.85. The number of benzene rings is 7. The van der Waals surface area contributed by atoms with Crippen LogP contribution in [0.25, 0.3) is 76.9 Å². The molecule has 2 aliphatic heterocycles. The van der Waals surface area contributed by atoms with Gasteiger partial charge in [-0.25, -0.2) is 9.97 Å². The Hall–Kier alpha value is -6.40. The summed E-state index contributed by atoms with van der Waals surface area (Å²) in [5.74, 6) is 0. The van der Waals surface area contributed by atoms with E-state index in [0.29, 0.717) is 0 Å². The minimum atomic E-state index is -0.132. The number of para-hydroxylation sites is 5. The van der Waals surface area contributed by atoms with Crippen molar-refractivity contribution in [3.63, 3.8) is 0 Å². The van der Waals surface area contributed by atoms with Crippen molar-refractivity contribution in [2.24, 2.45) is 0 Å². The lowest BCUT2D eigenvalue weighted by Gasteiger charge is -2.41. The molecule has 10 aromatic rings. The van der Waals surface area contributed by atoms with E-state index in [1.807, 2.05) is 12.1 Å². The minimum absolute atomic E-state index is 0.0761. The number of aromatic nitrogens is 3. The number of furan rings is 1. The van der Waals surface area contributed by atoms with Gasteiger partial charge in [0.05, 0.1) is 33.1 Å². The number of fused-ring (bicyclic) bond motifs is 13. The molecule has 5 nitrogen and oxygen atoms in total. The van der Waals surface area contributed by atoms with E-state index in [9.17, 15) is 0 Å². The molecule has 0 N–H and O–H groups in total. The SMILES string of the molecule is CC(C)(C)c1cc(N2c3cc4nc5ccccc5nc4cc3B3c4c(cc5oc6ccccc6c5c42)-c2cccc4c5ccccc5n3c24)cc(C(C)(C)C)c1. The van der Waals surface area contributed by atoms with Crippen LogP contribution in [0.1, 0.15) is 52.7 Å². The van der Waals surface area contributed by atoms with E-state index in [0.717, 1.165) is 55.4 Å². The van der Waals surface area contributed by atoms with Crippen molar-refractivity contribution in [1.29, 1.82) is 0 Å². The van der Waals surface area contributed by atoms with E-state index in [1.54, 1.807) is 0 Å². The zero-order valence-corrected chi connectivity index (χ0v) is 32.4. The summed E-state index contributed by atoms with van der Waals surface area (Å²) >= 11 is 0. The molecule has 5 heterocycles. The lowest BCUT2D eigenvalue weighted by atomic mass is 9.45. The Kier molecular flexibility index (Phi) is 6.08. The minimum Gasteiger partial charge on any atom is -0.456 e. The van der Waals surface area contributed by atoms with Crippen molar-refractivity contribution in [2.45, 2.75) is 52.4 Å². The van der Waals surface area contributed by atoms with Crippen molar-refractivity contribution < 1.29 is 4.42 Å². The molecular weight excluding hydrogens is 683 g/mol. The summed E-state index contributed by atoms with van der Waals surface area (Å²) < 4.78 is 9.47. The first-order chi connectivity index (χ1) is 27.0. The fourth-order valence-electron chi connectivity index (χ4n) is 9.66. The third kappa shape index (κ3) is 4.22. The summed E-state index contributed by atoms with van der Waals surface area (Å²) in [6.45, 7) is 13.8. The predicted molar refractivity (Wildman–Crippen MR) is 235 cm³/mol. The van der Waals surface area contributed by atoms with Crippen LogP contribution in [0.5, 0.6) is 0 Å². The third-order valence-corrected chi connectivity index (χ3v) is 12.4. The Morgan fingerprint density at radius 3 is 1.93 bits per heavy atom. The summed E-state index contributed by atoms with van der Waals surface area (Å²) in [6, 6.07) is 46.6. The number of hydrogen-bond donors (Lipinski definition) is 0. The van der Waals surface area contributed by atoms with Crippen LogP contribution in [0, 0.1) is 0 Å². The lowest BCUT2D eigenvalue weighted by Crippen LogP contribution is -2.56. The van der Waals surface area contributed by atoms with Gasteiger partial charge < -0.3 is 13.8 Å². The van der Waals surface area contributed by atoms with Crippen LogP contribution in [-0.2, 0) is 10.8 Å². The smallest absolute Gasteiger partial charge is 0.333 e. The first-order valence-electron chi connectivity index (χ1n) is 19.7. The average Bonchev–Trinajstić information content (AvgIpc) is 3.73. The molecule has 0 fully saturated rings. The molecule has 0 aliphatic carbocycles. The number of nitrogens with zero attached hydrogens (tertiary/aromatic N) is 4. The van der Waals surface area contributed by atoms with Crippen LogP contribution in [0.3, 0.4) is 0 Å².